The molecule has 1 amide bonds. The molecule has 0 aromatic carbocycles. The molecule has 0 aliphatic carbocycles. The molecule has 1 aliphatic rings. The minimum absolute atomic E-state index is 0.215. The zero-order valence-corrected chi connectivity index (χ0v) is 13.2. The largest absolute Gasteiger partial charge is 0.480 e. The molecule has 1 heterocycles. The lowest BCUT2D eigenvalue weighted by Crippen LogP contribution is -2.59. The van der Waals surface area contributed by atoms with Gasteiger partial charge in [0.15, 0.2) is 0 Å². The molecule has 1 fully saturated rings. The van der Waals surface area contributed by atoms with Crippen LogP contribution in [0, 0.1) is 0 Å². The molecule has 0 aromatic heterocycles. The number of aliphatic carboxylic acids is 1. The number of nitrogens with one attached hydrogen (secondary N) is 1. The van der Waals surface area contributed by atoms with Crippen molar-refractivity contribution in [2.24, 2.45) is 5.73 Å². The fraction of sp³-hybridized carbons (Fsp3) is 0.857. The summed E-state index contributed by atoms with van der Waals surface area (Å²) in [5.74, 6) is -1.87. The number of carboxylic acids is 1. The van der Waals surface area contributed by atoms with Gasteiger partial charge in [-0.2, -0.15) is 0 Å². The number of carbonyl (C=O) groups excluding carboxylic acids is 1. The highest BCUT2D eigenvalue weighted by Crippen LogP contribution is 2.23. The van der Waals surface area contributed by atoms with Crippen LogP contribution in [0.15, 0.2) is 0 Å². The second-order valence-electron chi connectivity index (χ2n) is 5.81. The minimum atomic E-state index is -1.58. The van der Waals surface area contributed by atoms with Gasteiger partial charge < -0.3 is 41.3 Å². The van der Waals surface area contributed by atoms with E-state index in [4.69, 9.17) is 20.7 Å². The Balaban J connectivity index is 2.59. The molecule has 8 N–H and O–H groups in total. The van der Waals surface area contributed by atoms with Crippen molar-refractivity contribution in [2.75, 3.05) is 13.2 Å². The van der Waals surface area contributed by atoms with Crippen LogP contribution in [0.2, 0.25) is 0 Å². The molecule has 1 rings (SSSR count). The van der Waals surface area contributed by atoms with E-state index in [9.17, 15) is 24.9 Å². The summed E-state index contributed by atoms with van der Waals surface area (Å²) in [5, 5.41) is 49.7. The molecule has 0 aromatic rings. The number of amides is 1. The van der Waals surface area contributed by atoms with Gasteiger partial charge in [-0.15, -0.1) is 0 Å². The summed E-state index contributed by atoms with van der Waals surface area (Å²) >= 11 is 0. The van der Waals surface area contributed by atoms with Crippen molar-refractivity contribution in [2.45, 2.75) is 62.2 Å². The fourth-order valence-electron chi connectivity index (χ4n) is 2.53. The number of aliphatic hydroxyl groups excluding tert-OH is 4. The van der Waals surface area contributed by atoms with Crippen molar-refractivity contribution in [1.29, 1.82) is 0 Å². The van der Waals surface area contributed by atoms with Crippen molar-refractivity contribution in [3.05, 3.63) is 0 Å². The lowest BCUT2D eigenvalue weighted by Gasteiger charge is -2.39. The van der Waals surface area contributed by atoms with E-state index < -0.39 is 61.5 Å². The molecule has 10 nitrogen and oxygen atoms in total. The van der Waals surface area contributed by atoms with Crippen LogP contribution in [-0.2, 0) is 14.3 Å². The van der Waals surface area contributed by atoms with E-state index in [-0.39, 0.29) is 6.42 Å². The fourth-order valence-corrected chi connectivity index (χ4v) is 2.53. The predicted octanol–water partition coefficient (Wildman–Crippen LogP) is -3.08. The van der Waals surface area contributed by atoms with Gasteiger partial charge in [0.1, 0.15) is 30.5 Å². The van der Waals surface area contributed by atoms with Crippen molar-refractivity contribution >= 4 is 11.9 Å². The number of ether oxygens (including phenoxy) is 1. The van der Waals surface area contributed by atoms with E-state index in [1.807, 2.05) is 0 Å². The molecule has 0 saturated carbocycles. The molecular weight excluding hydrogens is 324 g/mol. The Morgan fingerprint density at radius 1 is 1.08 bits per heavy atom. The number of nitrogens with two attached hydrogens (primary N) is 1. The maximum absolute atomic E-state index is 12.0. The maximum Gasteiger partial charge on any atom is 0.326 e. The Bertz CT molecular complexity index is 420. The second kappa shape index (κ2) is 9.87. The Morgan fingerprint density at radius 3 is 2.25 bits per heavy atom. The molecule has 0 bridgehead atoms. The van der Waals surface area contributed by atoms with E-state index >= 15 is 0 Å². The van der Waals surface area contributed by atoms with E-state index in [0.29, 0.717) is 19.4 Å². The van der Waals surface area contributed by atoms with E-state index in [2.05, 4.69) is 5.32 Å². The minimum Gasteiger partial charge on any atom is -0.480 e. The van der Waals surface area contributed by atoms with Crippen LogP contribution in [0.4, 0.5) is 0 Å². The Labute approximate surface area is 139 Å². The van der Waals surface area contributed by atoms with Crippen LogP contribution < -0.4 is 11.1 Å². The van der Waals surface area contributed by atoms with Gasteiger partial charge in [-0.25, -0.2) is 4.79 Å². The van der Waals surface area contributed by atoms with Gasteiger partial charge in [0.2, 0.25) is 5.91 Å². The molecule has 5 unspecified atom stereocenters. The summed E-state index contributed by atoms with van der Waals surface area (Å²) in [4.78, 5) is 23.1. The molecule has 1 saturated heterocycles. The number of hydrogen-bond donors (Lipinski definition) is 7. The van der Waals surface area contributed by atoms with Crippen molar-refractivity contribution in [3.8, 4) is 0 Å². The maximum atomic E-state index is 12.0. The van der Waals surface area contributed by atoms with Gasteiger partial charge in [0.25, 0.3) is 0 Å². The number of carboxylic acid groups (broad SMARTS) is 1. The summed E-state index contributed by atoms with van der Waals surface area (Å²) in [5.41, 5.74) is 5.34. The Kier molecular flexibility index (Phi) is 8.53. The van der Waals surface area contributed by atoms with Crippen molar-refractivity contribution < 1.29 is 39.9 Å². The van der Waals surface area contributed by atoms with Crippen molar-refractivity contribution in [1.82, 2.24) is 5.32 Å². The number of carbonyl (C=O) groups is 2. The van der Waals surface area contributed by atoms with Crippen LogP contribution in [0.3, 0.4) is 0 Å². The van der Waals surface area contributed by atoms with Gasteiger partial charge in [-0.05, 0) is 25.8 Å². The molecule has 0 spiro atoms. The van der Waals surface area contributed by atoms with E-state index in [0.717, 1.165) is 0 Å². The zero-order valence-electron chi connectivity index (χ0n) is 13.2. The summed E-state index contributed by atoms with van der Waals surface area (Å²) in [7, 11) is 0. The third-order valence-electron chi connectivity index (χ3n) is 3.96. The third kappa shape index (κ3) is 5.65. The standard InChI is InChI=1S/C14H26N2O8/c15-4-2-1-3-7(14(22)23)16-10(18)5-8-11(19)13(21)12(20)9(6-17)24-8/h7-9,11-13,17,19-21H,1-6,15H2,(H,16,18)(H,22,23)/t7-,8?,9?,11?,12?,13?/m1/s1. The normalized spacial score (nSPS) is 31.5. The monoisotopic (exact) mass is 350 g/mol. The molecule has 0 radical (unpaired) electrons. The lowest BCUT2D eigenvalue weighted by atomic mass is 9.93. The van der Waals surface area contributed by atoms with Crippen LogP contribution in [0.25, 0.3) is 0 Å². The van der Waals surface area contributed by atoms with Gasteiger partial charge in [-0.1, -0.05) is 0 Å². The highest BCUT2D eigenvalue weighted by atomic mass is 16.5. The number of unbranched alkanes of at least 4 members (excludes halogenated alkanes) is 1. The van der Waals surface area contributed by atoms with Gasteiger partial charge in [0, 0.05) is 0 Å². The first kappa shape index (κ1) is 20.7. The predicted molar refractivity (Wildman–Crippen MR) is 80.9 cm³/mol. The molecule has 1 aliphatic heterocycles. The Morgan fingerprint density at radius 2 is 1.71 bits per heavy atom. The zero-order chi connectivity index (χ0) is 18.3. The SMILES string of the molecule is NCCCC[C@@H](NC(=O)CC1OC(CO)C(O)C(O)C1O)C(=O)O. The first-order chi connectivity index (χ1) is 11.3. The number of rotatable bonds is 9. The second-order valence-corrected chi connectivity index (χ2v) is 5.81. The number of hydrogen-bond acceptors (Lipinski definition) is 8. The molecular formula is C14H26N2O8. The third-order valence-corrected chi connectivity index (χ3v) is 3.96. The molecule has 140 valence electrons. The number of aliphatic hydroxyl groups is 4. The average molecular weight is 350 g/mol. The smallest absolute Gasteiger partial charge is 0.326 e. The molecule has 6 atom stereocenters. The van der Waals surface area contributed by atoms with E-state index in [1.54, 1.807) is 0 Å². The van der Waals surface area contributed by atoms with Crippen LogP contribution in [0.5, 0.6) is 0 Å². The van der Waals surface area contributed by atoms with Crippen LogP contribution in [-0.4, -0.2) is 87.1 Å². The first-order valence-electron chi connectivity index (χ1n) is 7.84. The highest BCUT2D eigenvalue weighted by molar-refractivity contribution is 5.83. The Hall–Kier alpha value is -1.30. The highest BCUT2D eigenvalue weighted by Gasteiger charge is 2.44. The first-order valence-corrected chi connectivity index (χ1v) is 7.84. The molecule has 24 heavy (non-hydrogen) atoms. The van der Waals surface area contributed by atoms with Gasteiger partial charge in [-0.3, -0.25) is 4.79 Å². The van der Waals surface area contributed by atoms with Crippen molar-refractivity contribution in [3.63, 3.8) is 0 Å². The summed E-state index contributed by atoms with van der Waals surface area (Å²) < 4.78 is 5.21. The molecule has 10 heteroatoms. The average Bonchev–Trinajstić information content (AvgIpc) is 2.54. The van der Waals surface area contributed by atoms with E-state index in [1.165, 1.54) is 0 Å². The van der Waals surface area contributed by atoms with Gasteiger partial charge >= 0.3 is 5.97 Å². The van der Waals surface area contributed by atoms with Crippen LogP contribution >= 0.6 is 0 Å². The summed E-state index contributed by atoms with van der Waals surface area (Å²) in [6.07, 6.45) is -5.93. The quantitative estimate of drug-likeness (QED) is 0.212. The summed E-state index contributed by atoms with van der Waals surface area (Å²) in [6.45, 7) is -0.176. The van der Waals surface area contributed by atoms with Gasteiger partial charge in [0.05, 0.1) is 19.1 Å². The van der Waals surface area contributed by atoms with Crippen LogP contribution in [0.1, 0.15) is 25.7 Å². The topological polar surface area (TPSA) is 183 Å². The summed E-state index contributed by atoms with van der Waals surface area (Å²) in [6, 6.07) is -1.09. The lowest BCUT2D eigenvalue weighted by molar-refractivity contribution is -0.229.